The Morgan fingerprint density at radius 3 is 2.85 bits per heavy atom. The summed E-state index contributed by atoms with van der Waals surface area (Å²) in [5, 5.41) is 18.0. The molecule has 3 fully saturated rings. The number of amides is 2. The van der Waals surface area contributed by atoms with Crippen molar-refractivity contribution in [2.24, 2.45) is 0 Å². The zero-order valence-electron chi connectivity index (χ0n) is 19.0. The number of piperidine rings is 1. The Hall–Kier alpha value is -2.59. The van der Waals surface area contributed by atoms with Crippen molar-refractivity contribution < 1.29 is 9.59 Å². The molecule has 3 aliphatic heterocycles. The van der Waals surface area contributed by atoms with Gasteiger partial charge in [0.2, 0.25) is 11.8 Å². The number of carbonyl (C=O) groups excluding carboxylic acids is 2. The van der Waals surface area contributed by atoms with Crippen molar-refractivity contribution in [3.8, 4) is 0 Å². The van der Waals surface area contributed by atoms with E-state index in [2.05, 4.69) is 31.5 Å². The molecule has 1 aromatic carbocycles. The van der Waals surface area contributed by atoms with E-state index >= 15 is 0 Å². The first kappa shape index (κ1) is 22.2. The number of aromatic nitrogens is 1. The average Bonchev–Trinajstić information content (AvgIpc) is 3.27. The number of hydrogen-bond acceptors (Lipinski definition) is 7. The normalized spacial score (nSPS) is 30.8. The lowest BCUT2D eigenvalue weighted by molar-refractivity contribution is -0.129. The highest BCUT2D eigenvalue weighted by Crippen LogP contribution is 2.25. The molecule has 0 radical (unpaired) electrons. The minimum absolute atomic E-state index is 0.0192. The number of para-hydroxylation sites is 1. The van der Waals surface area contributed by atoms with Gasteiger partial charge in [0.25, 0.3) is 0 Å². The molecule has 0 aliphatic carbocycles. The first-order valence-electron chi connectivity index (χ1n) is 12.0. The van der Waals surface area contributed by atoms with Gasteiger partial charge in [-0.3, -0.25) is 30.1 Å². The summed E-state index contributed by atoms with van der Waals surface area (Å²) in [4.78, 5) is 32.0. The smallest absolute Gasteiger partial charge is 0.234 e. The number of pyridine rings is 1. The molecular formula is C24H33N7O2. The van der Waals surface area contributed by atoms with Gasteiger partial charge in [-0.25, -0.2) is 0 Å². The summed E-state index contributed by atoms with van der Waals surface area (Å²) >= 11 is 0. The molecule has 1 aromatic heterocycles. The fourth-order valence-electron chi connectivity index (χ4n) is 5.26. The van der Waals surface area contributed by atoms with Crippen LogP contribution < -0.4 is 26.6 Å². The standard InChI is InChI=1S/C24H33N7O2/c1-15(32)26-18-10-12-31(14-18)24-29-22(27-17-6-4-11-25-13-17)21(23(33)30-24)20-9-8-16-5-2-3-7-19(16)28-20/h2-3,5,7-9,17-18,21-22,24-25,27,29H,4,6,10-14H2,1H3,(H,26,32)(H,30,33)/t17-,18?,21?,22?,24?/m1/s1. The third-order valence-corrected chi connectivity index (χ3v) is 6.88. The van der Waals surface area contributed by atoms with Crippen LogP contribution in [0.25, 0.3) is 10.9 Å². The molecule has 0 spiro atoms. The molecule has 4 heterocycles. The first-order valence-corrected chi connectivity index (χ1v) is 12.0. The number of rotatable bonds is 5. The fourth-order valence-corrected chi connectivity index (χ4v) is 5.26. The van der Waals surface area contributed by atoms with Gasteiger partial charge >= 0.3 is 0 Å². The van der Waals surface area contributed by atoms with Crippen molar-refractivity contribution in [2.45, 2.75) is 56.6 Å². The lowest BCUT2D eigenvalue weighted by Crippen LogP contribution is -2.71. The zero-order chi connectivity index (χ0) is 22.8. The summed E-state index contributed by atoms with van der Waals surface area (Å²) in [5.41, 5.74) is 1.65. The lowest BCUT2D eigenvalue weighted by Gasteiger charge is -2.43. The van der Waals surface area contributed by atoms with Crippen molar-refractivity contribution >= 4 is 22.7 Å². The van der Waals surface area contributed by atoms with Crippen molar-refractivity contribution in [1.29, 1.82) is 0 Å². The quantitative estimate of drug-likeness (QED) is 0.442. The van der Waals surface area contributed by atoms with E-state index in [0.717, 1.165) is 55.5 Å². The summed E-state index contributed by atoms with van der Waals surface area (Å²) in [6.07, 6.45) is 2.52. The number of hydrogen-bond donors (Lipinski definition) is 5. The molecule has 5 rings (SSSR count). The van der Waals surface area contributed by atoms with Gasteiger partial charge in [-0.15, -0.1) is 0 Å². The van der Waals surface area contributed by atoms with Crippen molar-refractivity contribution in [1.82, 2.24) is 36.5 Å². The van der Waals surface area contributed by atoms with Crippen LogP contribution in [0.15, 0.2) is 36.4 Å². The molecule has 5 atom stereocenters. The van der Waals surface area contributed by atoms with Gasteiger partial charge < -0.3 is 16.0 Å². The number of nitrogens with one attached hydrogen (secondary N) is 5. The third kappa shape index (κ3) is 5.01. The topological polar surface area (TPSA) is 110 Å². The first-order chi connectivity index (χ1) is 16.1. The number of fused-ring (bicyclic) bond motifs is 1. The Morgan fingerprint density at radius 2 is 2.03 bits per heavy atom. The van der Waals surface area contributed by atoms with E-state index in [-0.39, 0.29) is 36.4 Å². The van der Waals surface area contributed by atoms with Crippen LogP contribution in [0.2, 0.25) is 0 Å². The Balaban J connectivity index is 1.38. The molecule has 2 aromatic rings. The predicted octanol–water partition coefficient (Wildman–Crippen LogP) is 0.200. The maximum Gasteiger partial charge on any atom is 0.234 e. The van der Waals surface area contributed by atoms with Crippen LogP contribution >= 0.6 is 0 Å². The Kier molecular flexibility index (Phi) is 6.55. The van der Waals surface area contributed by atoms with Crippen molar-refractivity contribution in [2.75, 3.05) is 26.2 Å². The number of benzene rings is 1. The molecule has 176 valence electrons. The van der Waals surface area contributed by atoms with Crippen LogP contribution in [-0.2, 0) is 9.59 Å². The van der Waals surface area contributed by atoms with E-state index in [4.69, 9.17) is 4.98 Å². The summed E-state index contributed by atoms with van der Waals surface area (Å²) in [5.74, 6) is -0.499. The molecule has 5 N–H and O–H groups in total. The summed E-state index contributed by atoms with van der Waals surface area (Å²) in [6, 6.07) is 12.4. The van der Waals surface area contributed by atoms with Crippen LogP contribution in [0.5, 0.6) is 0 Å². The molecule has 0 saturated carbocycles. The third-order valence-electron chi connectivity index (χ3n) is 6.88. The molecule has 33 heavy (non-hydrogen) atoms. The van der Waals surface area contributed by atoms with Gasteiger partial charge in [0.05, 0.1) is 17.4 Å². The van der Waals surface area contributed by atoms with Crippen LogP contribution in [0.3, 0.4) is 0 Å². The summed E-state index contributed by atoms with van der Waals surface area (Å²) in [7, 11) is 0. The van der Waals surface area contributed by atoms with Crippen LogP contribution in [0, 0.1) is 0 Å². The van der Waals surface area contributed by atoms with E-state index < -0.39 is 5.92 Å². The zero-order valence-corrected chi connectivity index (χ0v) is 19.0. The molecule has 9 nitrogen and oxygen atoms in total. The van der Waals surface area contributed by atoms with Crippen LogP contribution in [0.4, 0.5) is 0 Å². The predicted molar refractivity (Wildman–Crippen MR) is 126 cm³/mol. The Bertz CT molecular complexity index is 1010. The van der Waals surface area contributed by atoms with E-state index in [1.807, 2.05) is 36.4 Å². The molecule has 3 aliphatic rings. The molecule has 2 amide bonds. The number of nitrogens with zero attached hydrogens (tertiary/aromatic N) is 2. The minimum Gasteiger partial charge on any atom is -0.352 e. The highest BCUT2D eigenvalue weighted by atomic mass is 16.2. The van der Waals surface area contributed by atoms with Crippen LogP contribution in [-0.4, -0.2) is 72.4 Å². The van der Waals surface area contributed by atoms with Gasteiger partial charge in [-0.05, 0) is 37.9 Å². The molecule has 4 unspecified atom stereocenters. The second kappa shape index (κ2) is 9.72. The Labute approximate surface area is 194 Å². The maximum absolute atomic E-state index is 13.5. The minimum atomic E-state index is -0.443. The lowest BCUT2D eigenvalue weighted by atomic mass is 9.95. The second-order valence-corrected chi connectivity index (χ2v) is 9.35. The maximum atomic E-state index is 13.5. The van der Waals surface area contributed by atoms with E-state index in [0.29, 0.717) is 6.54 Å². The monoisotopic (exact) mass is 451 g/mol. The van der Waals surface area contributed by atoms with Gasteiger partial charge in [0.15, 0.2) is 0 Å². The summed E-state index contributed by atoms with van der Waals surface area (Å²) < 4.78 is 0. The molecule has 9 heteroatoms. The van der Waals surface area contributed by atoms with E-state index in [1.165, 1.54) is 0 Å². The molecule has 0 bridgehead atoms. The number of likely N-dealkylation sites (tertiary alicyclic amines) is 1. The SMILES string of the molecule is CC(=O)NC1CCN(C2NC(=O)C(c3ccc4ccccc4n3)C(N[C@@H]3CCCNC3)N2)C1. The van der Waals surface area contributed by atoms with Gasteiger partial charge in [-0.2, -0.15) is 0 Å². The Morgan fingerprint density at radius 1 is 1.15 bits per heavy atom. The van der Waals surface area contributed by atoms with Gasteiger partial charge in [-0.1, -0.05) is 24.3 Å². The van der Waals surface area contributed by atoms with Crippen LogP contribution in [0.1, 0.15) is 37.8 Å². The van der Waals surface area contributed by atoms with Crippen molar-refractivity contribution in [3.05, 3.63) is 42.1 Å². The second-order valence-electron chi connectivity index (χ2n) is 9.35. The number of carbonyl (C=O) groups is 2. The summed E-state index contributed by atoms with van der Waals surface area (Å²) in [6.45, 7) is 4.97. The van der Waals surface area contributed by atoms with E-state index in [1.54, 1.807) is 6.92 Å². The molecule has 3 saturated heterocycles. The van der Waals surface area contributed by atoms with Gasteiger partial charge in [0.1, 0.15) is 12.2 Å². The highest BCUT2D eigenvalue weighted by Gasteiger charge is 2.42. The highest BCUT2D eigenvalue weighted by molar-refractivity contribution is 5.86. The average molecular weight is 452 g/mol. The van der Waals surface area contributed by atoms with E-state index in [9.17, 15) is 9.59 Å². The largest absolute Gasteiger partial charge is 0.352 e. The van der Waals surface area contributed by atoms with Crippen molar-refractivity contribution in [3.63, 3.8) is 0 Å². The fraction of sp³-hybridized carbons (Fsp3) is 0.542. The molecular weight excluding hydrogens is 418 g/mol. The van der Waals surface area contributed by atoms with Gasteiger partial charge in [0, 0.05) is 44.0 Å².